The van der Waals surface area contributed by atoms with Gasteiger partial charge in [0.1, 0.15) is 12.1 Å². The van der Waals surface area contributed by atoms with E-state index in [0.717, 1.165) is 18.3 Å². The van der Waals surface area contributed by atoms with Crippen LogP contribution in [0.25, 0.3) is 0 Å². The van der Waals surface area contributed by atoms with Crippen molar-refractivity contribution in [2.24, 2.45) is 17.3 Å². The van der Waals surface area contributed by atoms with Gasteiger partial charge in [-0.05, 0) is 29.2 Å². The van der Waals surface area contributed by atoms with E-state index in [1.54, 1.807) is 0 Å². The number of aldehydes is 1. The Labute approximate surface area is 84.4 Å². The molecule has 0 radical (unpaired) electrons. The summed E-state index contributed by atoms with van der Waals surface area (Å²) in [4.78, 5) is 22.2. The highest BCUT2D eigenvalue weighted by Gasteiger charge is 2.46. The third-order valence-corrected chi connectivity index (χ3v) is 4.08. The van der Waals surface area contributed by atoms with Crippen LogP contribution in [0.2, 0.25) is 0 Å². The Kier molecular flexibility index (Phi) is 2.09. The molecule has 0 saturated heterocycles. The molecule has 76 valence electrons. The average molecular weight is 192 g/mol. The Morgan fingerprint density at radius 2 is 2.14 bits per heavy atom. The van der Waals surface area contributed by atoms with Gasteiger partial charge in [0, 0.05) is 12.8 Å². The SMILES string of the molecule is CC1CC(=O)CC2CC(C=O)=CC12C. The molecule has 1 saturated carbocycles. The number of fused-ring (bicyclic) bond motifs is 1. The van der Waals surface area contributed by atoms with Crippen molar-refractivity contribution >= 4 is 12.1 Å². The lowest BCUT2D eigenvalue weighted by molar-refractivity contribution is -0.125. The molecule has 14 heavy (non-hydrogen) atoms. The molecule has 2 heteroatoms. The van der Waals surface area contributed by atoms with Gasteiger partial charge in [0.25, 0.3) is 0 Å². The molecule has 2 aliphatic carbocycles. The van der Waals surface area contributed by atoms with Crippen LogP contribution in [-0.2, 0) is 9.59 Å². The van der Waals surface area contributed by atoms with E-state index in [9.17, 15) is 9.59 Å². The first-order valence-electron chi connectivity index (χ1n) is 5.25. The van der Waals surface area contributed by atoms with E-state index in [0.29, 0.717) is 30.5 Å². The molecule has 2 nitrogen and oxygen atoms in total. The van der Waals surface area contributed by atoms with Gasteiger partial charge in [0.15, 0.2) is 0 Å². The lowest BCUT2D eigenvalue weighted by atomic mass is 9.63. The normalized spacial score (nSPS) is 41.9. The number of rotatable bonds is 1. The van der Waals surface area contributed by atoms with Crippen LogP contribution in [0, 0.1) is 17.3 Å². The van der Waals surface area contributed by atoms with Gasteiger partial charge in [-0.15, -0.1) is 0 Å². The van der Waals surface area contributed by atoms with Gasteiger partial charge in [-0.1, -0.05) is 19.9 Å². The van der Waals surface area contributed by atoms with E-state index in [4.69, 9.17) is 0 Å². The summed E-state index contributed by atoms with van der Waals surface area (Å²) in [5.41, 5.74) is 0.975. The summed E-state index contributed by atoms with van der Waals surface area (Å²) in [5.74, 6) is 1.12. The van der Waals surface area contributed by atoms with Gasteiger partial charge in [0.2, 0.25) is 0 Å². The second-order valence-electron chi connectivity index (χ2n) is 4.95. The minimum absolute atomic E-state index is 0.0875. The van der Waals surface area contributed by atoms with Crippen molar-refractivity contribution < 1.29 is 9.59 Å². The van der Waals surface area contributed by atoms with Gasteiger partial charge in [0.05, 0.1) is 0 Å². The second kappa shape index (κ2) is 3.04. The third kappa shape index (κ3) is 1.24. The number of carbonyl (C=O) groups excluding carboxylic acids is 2. The fourth-order valence-corrected chi connectivity index (χ4v) is 2.92. The highest BCUT2D eigenvalue weighted by molar-refractivity contribution is 5.82. The molecule has 3 atom stereocenters. The highest BCUT2D eigenvalue weighted by atomic mass is 16.1. The summed E-state index contributed by atoms with van der Waals surface area (Å²) in [6, 6.07) is 0. The molecule has 2 aliphatic rings. The van der Waals surface area contributed by atoms with Crippen molar-refractivity contribution in [3.8, 4) is 0 Å². The predicted molar refractivity (Wildman–Crippen MR) is 53.8 cm³/mol. The lowest BCUT2D eigenvalue weighted by Gasteiger charge is -2.40. The Bertz CT molecular complexity index is 316. The molecule has 0 aromatic rings. The van der Waals surface area contributed by atoms with Crippen LogP contribution in [-0.4, -0.2) is 12.1 Å². The number of allylic oxidation sites excluding steroid dienone is 2. The van der Waals surface area contributed by atoms with Gasteiger partial charge < -0.3 is 0 Å². The number of ketones is 1. The zero-order chi connectivity index (χ0) is 10.3. The Hall–Kier alpha value is -0.920. The van der Waals surface area contributed by atoms with E-state index in [1.165, 1.54) is 0 Å². The van der Waals surface area contributed by atoms with Crippen LogP contribution in [0.5, 0.6) is 0 Å². The maximum absolute atomic E-state index is 11.4. The van der Waals surface area contributed by atoms with Crippen molar-refractivity contribution in [2.45, 2.75) is 33.1 Å². The third-order valence-electron chi connectivity index (χ3n) is 4.08. The lowest BCUT2D eigenvalue weighted by Crippen LogP contribution is -2.37. The summed E-state index contributed by atoms with van der Waals surface area (Å²) in [7, 11) is 0. The fraction of sp³-hybridized carbons (Fsp3) is 0.667. The van der Waals surface area contributed by atoms with Gasteiger partial charge in [-0.25, -0.2) is 0 Å². The fourth-order valence-electron chi connectivity index (χ4n) is 2.92. The Balaban J connectivity index is 2.31. The molecule has 2 rings (SSSR count). The summed E-state index contributed by atoms with van der Waals surface area (Å²) < 4.78 is 0. The monoisotopic (exact) mass is 192 g/mol. The van der Waals surface area contributed by atoms with Crippen LogP contribution in [0.1, 0.15) is 33.1 Å². The molecule has 0 aromatic carbocycles. The summed E-state index contributed by atoms with van der Waals surface area (Å²) in [6.07, 6.45) is 5.18. The van der Waals surface area contributed by atoms with Gasteiger partial charge in [-0.2, -0.15) is 0 Å². The molecule has 0 N–H and O–H groups in total. The zero-order valence-corrected chi connectivity index (χ0v) is 8.75. The molecule has 3 unspecified atom stereocenters. The smallest absolute Gasteiger partial charge is 0.145 e. The maximum Gasteiger partial charge on any atom is 0.145 e. The summed E-state index contributed by atoms with van der Waals surface area (Å²) >= 11 is 0. The molecule has 0 amide bonds. The van der Waals surface area contributed by atoms with Gasteiger partial charge >= 0.3 is 0 Å². The van der Waals surface area contributed by atoms with Crippen LogP contribution < -0.4 is 0 Å². The molecule has 0 aromatic heterocycles. The first kappa shape index (κ1) is 9.63. The van der Waals surface area contributed by atoms with Crippen LogP contribution >= 0.6 is 0 Å². The van der Waals surface area contributed by atoms with E-state index in [2.05, 4.69) is 19.9 Å². The van der Waals surface area contributed by atoms with E-state index >= 15 is 0 Å². The van der Waals surface area contributed by atoms with E-state index < -0.39 is 0 Å². The molecule has 0 heterocycles. The Morgan fingerprint density at radius 1 is 1.43 bits per heavy atom. The van der Waals surface area contributed by atoms with Crippen LogP contribution in [0.15, 0.2) is 11.6 Å². The minimum atomic E-state index is 0.0875. The topological polar surface area (TPSA) is 34.1 Å². The van der Waals surface area contributed by atoms with Crippen LogP contribution in [0.4, 0.5) is 0 Å². The number of hydrogen-bond donors (Lipinski definition) is 0. The summed E-state index contributed by atoms with van der Waals surface area (Å²) in [6.45, 7) is 4.31. The van der Waals surface area contributed by atoms with Crippen molar-refractivity contribution in [1.29, 1.82) is 0 Å². The van der Waals surface area contributed by atoms with Crippen molar-refractivity contribution in [2.75, 3.05) is 0 Å². The predicted octanol–water partition coefficient (Wildman–Crippen LogP) is 2.14. The number of hydrogen-bond acceptors (Lipinski definition) is 2. The first-order valence-corrected chi connectivity index (χ1v) is 5.25. The molecule has 1 fully saturated rings. The zero-order valence-electron chi connectivity index (χ0n) is 8.75. The minimum Gasteiger partial charge on any atom is -0.300 e. The van der Waals surface area contributed by atoms with E-state index in [-0.39, 0.29) is 5.41 Å². The number of carbonyl (C=O) groups is 2. The highest BCUT2D eigenvalue weighted by Crippen LogP contribution is 2.51. The molecular weight excluding hydrogens is 176 g/mol. The number of Topliss-reactive ketones (excluding diaryl/α,β-unsaturated/α-hetero) is 1. The molecule has 0 aliphatic heterocycles. The van der Waals surface area contributed by atoms with Crippen molar-refractivity contribution in [1.82, 2.24) is 0 Å². The average Bonchev–Trinajstić information content (AvgIpc) is 2.44. The standard InChI is InChI=1S/C12H16O2/c1-8-3-11(14)5-10-4-9(7-13)6-12(8,10)2/h6-8,10H,3-5H2,1-2H3. The largest absolute Gasteiger partial charge is 0.300 e. The van der Waals surface area contributed by atoms with Crippen molar-refractivity contribution in [3.63, 3.8) is 0 Å². The van der Waals surface area contributed by atoms with Crippen molar-refractivity contribution in [3.05, 3.63) is 11.6 Å². The molecule has 0 spiro atoms. The van der Waals surface area contributed by atoms with Gasteiger partial charge in [-0.3, -0.25) is 9.59 Å². The molecule has 0 bridgehead atoms. The van der Waals surface area contributed by atoms with E-state index in [1.807, 2.05) is 0 Å². The second-order valence-corrected chi connectivity index (χ2v) is 4.95. The maximum atomic E-state index is 11.4. The molecular formula is C12H16O2. The first-order chi connectivity index (χ1) is 6.56. The Morgan fingerprint density at radius 3 is 2.79 bits per heavy atom. The summed E-state index contributed by atoms with van der Waals surface area (Å²) in [5, 5.41) is 0. The quantitative estimate of drug-likeness (QED) is 0.596. The van der Waals surface area contributed by atoms with Crippen LogP contribution in [0.3, 0.4) is 0 Å².